The molecule has 0 atom stereocenters. The summed E-state index contributed by atoms with van der Waals surface area (Å²) >= 11 is 0. The van der Waals surface area contributed by atoms with Crippen molar-refractivity contribution >= 4 is 23.0 Å². The Balaban J connectivity index is 1.75. The van der Waals surface area contributed by atoms with Crippen molar-refractivity contribution in [3.63, 3.8) is 0 Å². The predicted octanol–water partition coefficient (Wildman–Crippen LogP) is 5.32. The average Bonchev–Trinajstić information content (AvgIpc) is 3.32. The van der Waals surface area contributed by atoms with Gasteiger partial charge >= 0.3 is 6.18 Å². The third kappa shape index (κ3) is 6.97. The van der Waals surface area contributed by atoms with Crippen LogP contribution in [0.2, 0.25) is 0 Å². The van der Waals surface area contributed by atoms with Crippen molar-refractivity contribution in [2.45, 2.75) is 39.8 Å². The van der Waals surface area contributed by atoms with Crippen molar-refractivity contribution in [1.82, 2.24) is 19.7 Å². The summed E-state index contributed by atoms with van der Waals surface area (Å²) in [4.78, 5) is 18.7. The minimum atomic E-state index is -4.61. The highest BCUT2D eigenvalue weighted by Crippen LogP contribution is 2.30. The van der Waals surface area contributed by atoms with Crippen LogP contribution >= 0.6 is 0 Å². The smallest absolute Gasteiger partial charge is 0.435 e. The number of nitrogen functional groups attached to an aromatic ring is 1. The Labute approximate surface area is 208 Å². The van der Waals surface area contributed by atoms with Crippen molar-refractivity contribution in [2.75, 3.05) is 37.3 Å². The molecule has 2 heterocycles. The normalized spacial score (nSPS) is 11.6. The summed E-state index contributed by atoms with van der Waals surface area (Å²) in [6.07, 6.45) is -1.33. The molecule has 0 aliphatic rings. The Morgan fingerprint density at radius 2 is 1.83 bits per heavy atom. The number of pyridine rings is 1. The Bertz CT molecular complexity index is 1170. The lowest BCUT2D eigenvalue weighted by Crippen LogP contribution is -2.30. The third-order valence-electron chi connectivity index (χ3n) is 5.39. The van der Waals surface area contributed by atoms with Crippen LogP contribution in [0.15, 0.2) is 42.6 Å². The molecule has 0 amide bonds. The molecule has 3 aromatic rings. The lowest BCUT2D eigenvalue weighted by atomic mass is 10.2. The third-order valence-corrected chi connectivity index (χ3v) is 5.39. The fourth-order valence-electron chi connectivity index (χ4n) is 3.70. The van der Waals surface area contributed by atoms with E-state index in [2.05, 4.69) is 34.1 Å². The number of nitrogens with two attached hydrogens (primary N) is 1. The van der Waals surface area contributed by atoms with Crippen molar-refractivity contribution in [3.8, 4) is 11.6 Å². The molecule has 0 fully saturated rings. The number of alkyl halides is 3. The zero-order chi connectivity index (χ0) is 26.3. The van der Waals surface area contributed by atoms with E-state index in [4.69, 9.17) is 10.5 Å². The largest absolute Gasteiger partial charge is 0.492 e. The zero-order valence-electron chi connectivity index (χ0n) is 20.6. The van der Waals surface area contributed by atoms with Crippen LogP contribution in [-0.2, 0) is 6.18 Å². The molecule has 194 valence electrons. The van der Waals surface area contributed by atoms with Gasteiger partial charge < -0.3 is 15.8 Å². The first-order chi connectivity index (χ1) is 17.1. The second kappa shape index (κ2) is 11.9. The molecule has 0 spiro atoms. The molecular formula is C25H31F3N6O2. The Morgan fingerprint density at radius 1 is 1.11 bits per heavy atom. The van der Waals surface area contributed by atoms with E-state index in [1.165, 1.54) is 13.0 Å². The monoisotopic (exact) mass is 504 g/mol. The van der Waals surface area contributed by atoms with Crippen LogP contribution in [0.25, 0.3) is 5.82 Å². The number of nitrogens with zero attached hydrogens (tertiary/aromatic N) is 4. The molecular weight excluding hydrogens is 473 g/mol. The fourth-order valence-corrected chi connectivity index (χ4v) is 3.70. The van der Waals surface area contributed by atoms with E-state index in [0.29, 0.717) is 23.7 Å². The summed E-state index contributed by atoms with van der Waals surface area (Å²) in [6.45, 7) is 9.01. The van der Waals surface area contributed by atoms with E-state index in [1.807, 2.05) is 0 Å². The van der Waals surface area contributed by atoms with Gasteiger partial charge in [-0.2, -0.15) is 18.3 Å². The van der Waals surface area contributed by atoms with Gasteiger partial charge in [0.15, 0.2) is 17.3 Å². The van der Waals surface area contributed by atoms with Gasteiger partial charge in [-0.25, -0.2) is 9.67 Å². The minimum absolute atomic E-state index is 0.0229. The van der Waals surface area contributed by atoms with E-state index in [0.717, 1.165) is 49.4 Å². The molecule has 3 N–H and O–H groups in total. The quantitative estimate of drug-likeness (QED) is 0.255. The van der Waals surface area contributed by atoms with Crippen molar-refractivity contribution in [1.29, 1.82) is 0 Å². The molecule has 11 heteroatoms. The molecule has 0 bridgehead atoms. The second-order valence-electron chi connectivity index (χ2n) is 8.33. The topological polar surface area (TPSA) is 98.3 Å². The number of nitrogens with one attached hydrogen (secondary N) is 1. The lowest BCUT2D eigenvalue weighted by Gasteiger charge is -2.21. The Hall–Kier alpha value is -3.60. The SMILES string of the molecule is CCCN(CCC)CCOc1ccc(Nc2ccc(C(C)=O)c(-n3ccc(C(F)(F)F)n3)n2)c(N)c1. The molecule has 2 aromatic heterocycles. The van der Waals surface area contributed by atoms with Gasteiger partial charge in [-0.15, -0.1) is 0 Å². The number of ketones is 1. The average molecular weight is 505 g/mol. The summed E-state index contributed by atoms with van der Waals surface area (Å²) in [7, 11) is 0. The highest BCUT2D eigenvalue weighted by molar-refractivity contribution is 5.97. The van der Waals surface area contributed by atoms with Gasteiger partial charge in [0.2, 0.25) is 0 Å². The van der Waals surface area contributed by atoms with Gasteiger partial charge in [0.05, 0.1) is 16.9 Å². The molecule has 8 nitrogen and oxygen atoms in total. The van der Waals surface area contributed by atoms with Crippen molar-refractivity contribution < 1.29 is 22.7 Å². The summed E-state index contributed by atoms with van der Waals surface area (Å²) < 4.78 is 45.8. The number of hydrogen-bond donors (Lipinski definition) is 2. The molecule has 0 saturated heterocycles. The van der Waals surface area contributed by atoms with E-state index in [9.17, 15) is 18.0 Å². The van der Waals surface area contributed by atoms with Gasteiger partial charge in [-0.1, -0.05) is 13.8 Å². The maximum atomic E-state index is 13.0. The zero-order valence-corrected chi connectivity index (χ0v) is 20.6. The van der Waals surface area contributed by atoms with E-state index >= 15 is 0 Å². The van der Waals surface area contributed by atoms with Gasteiger partial charge in [0.25, 0.3) is 0 Å². The Kier molecular flexibility index (Phi) is 8.92. The van der Waals surface area contributed by atoms with Crippen LogP contribution in [-0.4, -0.2) is 51.7 Å². The number of ether oxygens (including phenoxy) is 1. The Morgan fingerprint density at radius 3 is 2.42 bits per heavy atom. The summed E-state index contributed by atoms with van der Waals surface area (Å²) in [6, 6.07) is 9.06. The second-order valence-corrected chi connectivity index (χ2v) is 8.33. The highest BCUT2D eigenvalue weighted by atomic mass is 19.4. The van der Waals surface area contributed by atoms with Gasteiger partial charge in [-0.3, -0.25) is 9.69 Å². The maximum Gasteiger partial charge on any atom is 0.435 e. The first-order valence-corrected chi connectivity index (χ1v) is 11.8. The molecule has 0 saturated carbocycles. The van der Waals surface area contributed by atoms with Crippen LogP contribution in [0.3, 0.4) is 0 Å². The standard InChI is InChI=1S/C25H31F3N6O2/c1-4-11-33(12-5-2)14-15-36-18-6-8-21(20(29)16-18)30-23-9-7-19(17(3)35)24(31-23)34-13-10-22(32-34)25(26,27)28/h6-10,13,16H,4-5,11-12,14-15,29H2,1-3H3,(H,30,31). The van der Waals surface area contributed by atoms with E-state index in [1.54, 1.807) is 24.3 Å². The van der Waals surface area contributed by atoms with Crippen molar-refractivity contribution in [2.24, 2.45) is 0 Å². The number of hydrogen-bond acceptors (Lipinski definition) is 7. The molecule has 0 aliphatic heterocycles. The van der Waals surface area contributed by atoms with E-state index in [-0.39, 0.29) is 23.0 Å². The number of benzene rings is 1. The molecule has 36 heavy (non-hydrogen) atoms. The number of anilines is 3. The van der Waals surface area contributed by atoms with Crippen LogP contribution < -0.4 is 15.8 Å². The first-order valence-electron chi connectivity index (χ1n) is 11.8. The molecule has 0 aliphatic carbocycles. The van der Waals surface area contributed by atoms with E-state index < -0.39 is 11.9 Å². The van der Waals surface area contributed by atoms with Crippen LogP contribution in [0.4, 0.5) is 30.4 Å². The number of rotatable bonds is 12. The summed E-state index contributed by atoms with van der Waals surface area (Å²) in [5.74, 6) is 0.535. The van der Waals surface area contributed by atoms with Gasteiger partial charge in [0.1, 0.15) is 18.2 Å². The summed E-state index contributed by atoms with van der Waals surface area (Å²) in [5.41, 5.74) is 6.19. The number of carbonyl (C=O) groups excluding carboxylic acids is 1. The number of halogens is 3. The molecule has 1 aromatic carbocycles. The predicted molar refractivity (Wildman–Crippen MR) is 133 cm³/mol. The van der Waals surface area contributed by atoms with Crippen LogP contribution in [0, 0.1) is 0 Å². The van der Waals surface area contributed by atoms with Crippen molar-refractivity contribution in [3.05, 3.63) is 53.9 Å². The number of carbonyl (C=O) groups is 1. The highest BCUT2D eigenvalue weighted by Gasteiger charge is 2.34. The van der Waals surface area contributed by atoms with Gasteiger partial charge in [0, 0.05) is 18.8 Å². The first kappa shape index (κ1) is 27.0. The molecule has 0 radical (unpaired) electrons. The van der Waals surface area contributed by atoms with Crippen LogP contribution in [0.5, 0.6) is 5.75 Å². The molecule has 3 rings (SSSR count). The number of aromatic nitrogens is 3. The van der Waals surface area contributed by atoms with Crippen LogP contribution in [0.1, 0.15) is 49.7 Å². The number of Topliss-reactive ketones (excluding diaryl/α,β-unsaturated/α-hetero) is 1. The molecule has 0 unspecified atom stereocenters. The maximum absolute atomic E-state index is 13.0. The van der Waals surface area contributed by atoms with Gasteiger partial charge in [-0.05, 0) is 63.2 Å². The lowest BCUT2D eigenvalue weighted by molar-refractivity contribution is -0.141. The minimum Gasteiger partial charge on any atom is -0.492 e. The fraction of sp³-hybridized carbons (Fsp3) is 0.400. The summed E-state index contributed by atoms with van der Waals surface area (Å²) in [5, 5.41) is 6.59.